The molecule has 0 aromatic heterocycles. The minimum Gasteiger partial charge on any atom is -0.333 e. The summed E-state index contributed by atoms with van der Waals surface area (Å²) in [5.74, 6) is -0.489. The molecule has 2 aromatic carbocycles. The van der Waals surface area contributed by atoms with Gasteiger partial charge in [0.1, 0.15) is 0 Å². The Morgan fingerprint density at radius 1 is 1.16 bits per heavy atom. The Balaban J connectivity index is 1.94. The molecule has 0 saturated carbocycles. The van der Waals surface area contributed by atoms with Crippen LogP contribution in [0.2, 0.25) is 5.02 Å². The van der Waals surface area contributed by atoms with Crippen molar-refractivity contribution in [3.8, 4) is 0 Å². The van der Waals surface area contributed by atoms with Crippen LogP contribution in [0.4, 0.5) is 5.69 Å². The Morgan fingerprint density at radius 2 is 1.88 bits per heavy atom. The second-order valence-electron chi connectivity index (χ2n) is 5.88. The smallest absolute Gasteiger partial charge is 0.246 e. The SMILES string of the molecule is Cc1cccc(NC(=O)CN(C)C(=O)/C=C/c2cccc(Cl)c2)c1C. The molecule has 0 aliphatic carbocycles. The van der Waals surface area contributed by atoms with Gasteiger partial charge in [-0.05, 0) is 54.8 Å². The van der Waals surface area contributed by atoms with Crippen LogP contribution >= 0.6 is 11.6 Å². The highest BCUT2D eigenvalue weighted by atomic mass is 35.5. The minimum atomic E-state index is -0.254. The van der Waals surface area contributed by atoms with E-state index < -0.39 is 0 Å². The number of benzene rings is 2. The zero-order valence-corrected chi connectivity index (χ0v) is 15.3. The van der Waals surface area contributed by atoms with Crippen LogP contribution in [-0.4, -0.2) is 30.3 Å². The number of amides is 2. The van der Waals surface area contributed by atoms with Gasteiger partial charge in [0.05, 0.1) is 6.54 Å². The number of nitrogens with one attached hydrogen (secondary N) is 1. The van der Waals surface area contributed by atoms with Crippen LogP contribution in [0.1, 0.15) is 16.7 Å². The van der Waals surface area contributed by atoms with E-state index in [0.717, 1.165) is 22.4 Å². The van der Waals surface area contributed by atoms with Gasteiger partial charge in [-0.15, -0.1) is 0 Å². The summed E-state index contributed by atoms with van der Waals surface area (Å²) >= 11 is 5.91. The number of nitrogens with zero attached hydrogens (tertiary/aromatic N) is 1. The Labute approximate surface area is 153 Å². The Bertz CT molecular complexity index is 815. The van der Waals surface area contributed by atoms with E-state index in [1.165, 1.54) is 11.0 Å². The summed E-state index contributed by atoms with van der Waals surface area (Å²) in [6.45, 7) is 3.92. The fourth-order valence-corrected chi connectivity index (χ4v) is 2.47. The van der Waals surface area contributed by atoms with Gasteiger partial charge in [-0.2, -0.15) is 0 Å². The molecule has 0 bridgehead atoms. The molecule has 2 rings (SSSR count). The molecule has 0 atom stereocenters. The summed E-state index contributed by atoms with van der Waals surface area (Å²) in [5.41, 5.74) is 3.71. The third-order valence-corrected chi connectivity index (χ3v) is 4.14. The molecule has 0 aliphatic rings. The number of carbonyl (C=O) groups is 2. The number of carbonyl (C=O) groups excluding carboxylic acids is 2. The first-order chi connectivity index (χ1) is 11.9. The lowest BCUT2D eigenvalue weighted by molar-refractivity contribution is -0.129. The van der Waals surface area contributed by atoms with Crippen molar-refractivity contribution < 1.29 is 9.59 Å². The third kappa shape index (κ3) is 5.47. The van der Waals surface area contributed by atoms with Crippen molar-refractivity contribution >= 4 is 35.2 Å². The maximum atomic E-state index is 12.2. The van der Waals surface area contributed by atoms with Crippen molar-refractivity contribution in [2.75, 3.05) is 18.9 Å². The second kappa shape index (κ2) is 8.49. The highest BCUT2D eigenvalue weighted by molar-refractivity contribution is 6.30. The van der Waals surface area contributed by atoms with Crippen LogP contribution < -0.4 is 5.32 Å². The average molecular weight is 357 g/mol. The average Bonchev–Trinajstić information content (AvgIpc) is 2.56. The quantitative estimate of drug-likeness (QED) is 0.821. The molecule has 0 heterocycles. The lowest BCUT2D eigenvalue weighted by Gasteiger charge is -2.16. The predicted molar refractivity (Wildman–Crippen MR) is 103 cm³/mol. The van der Waals surface area contributed by atoms with Gasteiger partial charge in [-0.3, -0.25) is 9.59 Å². The van der Waals surface area contributed by atoms with Gasteiger partial charge in [0.15, 0.2) is 0 Å². The van der Waals surface area contributed by atoms with Crippen molar-refractivity contribution in [3.63, 3.8) is 0 Å². The van der Waals surface area contributed by atoms with Gasteiger partial charge < -0.3 is 10.2 Å². The highest BCUT2D eigenvalue weighted by Gasteiger charge is 2.12. The van der Waals surface area contributed by atoms with Gasteiger partial charge in [-0.25, -0.2) is 0 Å². The molecule has 2 aromatic rings. The van der Waals surface area contributed by atoms with E-state index in [9.17, 15) is 9.59 Å². The van der Waals surface area contributed by atoms with Gasteiger partial charge in [0.25, 0.3) is 0 Å². The largest absolute Gasteiger partial charge is 0.333 e. The predicted octanol–water partition coefficient (Wildman–Crippen LogP) is 4.07. The fourth-order valence-electron chi connectivity index (χ4n) is 2.27. The second-order valence-corrected chi connectivity index (χ2v) is 6.31. The number of likely N-dealkylation sites (N-methyl/N-ethyl adjacent to an activating group) is 1. The van der Waals surface area contributed by atoms with Gasteiger partial charge in [0.2, 0.25) is 11.8 Å². The summed E-state index contributed by atoms with van der Waals surface area (Å²) in [5, 5.41) is 3.45. The van der Waals surface area contributed by atoms with Crippen molar-refractivity contribution in [1.29, 1.82) is 0 Å². The van der Waals surface area contributed by atoms with Crippen molar-refractivity contribution in [1.82, 2.24) is 4.90 Å². The summed E-state index contributed by atoms with van der Waals surface area (Å²) in [4.78, 5) is 25.7. The van der Waals surface area contributed by atoms with E-state index in [1.807, 2.05) is 44.2 Å². The number of anilines is 1. The summed E-state index contributed by atoms with van der Waals surface area (Å²) < 4.78 is 0. The van der Waals surface area contributed by atoms with Crippen LogP contribution in [0.15, 0.2) is 48.5 Å². The van der Waals surface area contributed by atoms with Crippen molar-refractivity contribution in [2.24, 2.45) is 0 Å². The molecule has 0 radical (unpaired) electrons. The Morgan fingerprint density at radius 3 is 2.60 bits per heavy atom. The van der Waals surface area contributed by atoms with E-state index >= 15 is 0 Å². The van der Waals surface area contributed by atoms with Crippen LogP contribution in [0.25, 0.3) is 6.08 Å². The van der Waals surface area contributed by atoms with Crippen LogP contribution in [0, 0.1) is 13.8 Å². The molecule has 4 nitrogen and oxygen atoms in total. The molecule has 0 aliphatic heterocycles. The minimum absolute atomic E-state index is 0.0217. The van der Waals surface area contributed by atoms with Gasteiger partial charge in [-0.1, -0.05) is 35.9 Å². The van der Waals surface area contributed by atoms with Gasteiger partial charge in [0, 0.05) is 23.8 Å². The maximum Gasteiger partial charge on any atom is 0.246 e. The van der Waals surface area contributed by atoms with Crippen LogP contribution in [0.5, 0.6) is 0 Å². The van der Waals surface area contributed by atoms with E-state index in [4.69, 9.17) is 11.6 Å². The monoisotopic (exact) mass is 356 g/mol. The van der Waals surface area contributed by atoms with Crippen molar-refractivity contribution in [2.45, 2.75) is 13.8 Å². The number of hydrogen-bond donors (Lipinski definition) is 1. The topological polar surface area (TPSA) is 49.4 Å². The lowest BCUT2D eigenvalue weighted by atomic mass is 10.1. The summed E-state index contributed by atoms with van der Waals surface area (Å²) in [6.07, 6.45) is 3.10. The molecular weight excluding hydrogens is 336 g/mol. The molecular formula is C20H21ClN2O2. The molecule has 0 fully saturated rings. The molecule has 0 saturated heterocycles. The lowest BCUT2D eigenvalue weighted by Crippen LogP contribution is -2.34. The van der Waals surface area contributed by atoms with E-state index in [2.05, 4.69) is 5.32 Å². The van der Waals surface area contributed by atoms with E-state index in [-0.39, 0.29) is 18.4 Å². The molecule has 0 spiro atoms. The Hall–Kier alpha value is -2.59. The number of rotatable bonds is 5. The van der Waals surface area contributed by atoms with E-state index in [0.29, 0.717) is 5.02 Å². The first-order valence-electron chi connectivity index (χ1n) is 7.91. The standard InChI is InChI=1S/C20H21ClN2O2/c1-14-6-4-9-18(15(14)2)22-19(24)13-23(3)20(25)11-10-16-7-5-8-17(21)12-16/h4-12H,13H2,1-3H3,(H,22,24)/b11-10+. The third-order valence-electron chi connectivity index (χ3n) is 3.90. The molecule has 5 heteroatoms. The maximum absolute atomic E-state index is 12.2. The zero-order chi connectivity index (χ0) is 18.4. The number of hydrogen-bond acceptors (Lipinski definition) is 2. The fraction of sp³-hybridized carbons (Fsp3) is 0.200. The molecule has 130 valence electrons. The number of halogens is 1. The molecule has 0 unspecified atom stereocenters. The molecule has 1 N–H and O–H groups in total. The Kier molecular flexibility index (Phi) is 6.37. The van der Waals surface area contributed by atoms with Crippen LogP contribution in [-0.2, 0) is 9.59 Å². The summed E-state index contributed by atoms with van der Waals surface area (Å²) in [7, 11) is 1.59. The van der Waals surface area contributed by atoms with Crippen molar-refractivity contribution in [3.05, 3.63) is 70.3 Å². The normalized spacial score (nSPS) is 10.7. The van der Waals surface area contributed by atoms with E-state index in [1.54, 1.807) is 25.3 Å². The highest BCUT2D eigenvalue weighted by Crippen LogP contribution is 2.17. The molecule has 25 heavy (non-hydrogen) atoms. The van der Waals surface area contributed by atoms with Crippen LogP contribution in [0.3, 0.4) is 0 Å². The zero-order valence-electron chi connectivity index (χ0n) is 14.5. The van der Waals surface area contributed by atoms with Gasteiger partial charge >= 0.3 is 0 Å². The first kappa shape index (κ1) is 18.7. The number of aryl methyl sites for hydroxylation is 1. The first-order valence-corrected chi connectivity index (χ1v) is 8.29. The summed E-state index contributed by atoms with van der Waals surface area (Å²) in [6, 6.07) is 12.9. The molecule has 2 amide bonds.